The lowest BCUT2D eigenvalue weighted by Crippen LogP contribution is -2.50. The highest BCUT2D eigenvalue weighted by atomic mass is 35.5. The number of rotatable bonds is 3. The van der Waals surface area contributed by atoms with Crippen molar-refractivity contribution in [3.8, 4) is 0 Å². The molecule has 0 amide bonds. The number of halogens is 1. The first kappa shape index (κ1) is 17.9. The molecule has 2 heterocycles. The van der Waals surface area contributed by atoms with Gasteiger partial charge in [-0.25, -0.2) is 14.6 Å². The maximum atomic E-state index is 9.55. The molecule has 8 nitrogen and oxygen atoms in total. The van der Waals surface area contributed by atoms with E-state index < -0.39 is 11.9 Å². The number of carboxylic acid groups (broad SMARTS) is 2. The van der Waals surface area contributed by atoms with Crippen LogP contribution in [0.5, 0.6) is 0 Å². The van der Waals surface area contributed by atoms with Crippen LogP contribution in [0.2, 0.25) is 5.15 Å². The number of nitrogens with zero attached hydrogens (tertiary/aromatic N) is 3. The van der Waals surface area contributed by atoms with Gasteiger partial charge in [-0.05, 0) is 6.92 Å². The SMILES string of the molecule is C[C@@H]1CNCCN1c1cncc(Cl)n1.O=C(O)/C=C\C(=O)O. The van der Waals surface area contributed by atoms with Crippen molar-refractivity contribution in [3.05, 3.63) is 29.7 Å². The van der Waals surface area contributed by atoms with Crippen LogP contribution >= 0.6 is 11.6 Å². The number of hydrogen-bond acceptors (Lipinski definition) is 6. The van der Waals surface area contributed by atoms with Crippen LogP contribution < -0.4 is 10.2 Å². The molecule has 0 spiro atoms. The van der Waals surface area contributed by atoms with E-state index in [1.807, 2.05) is 0 Å². The smallest absolute Gasteiger partial charge is 0.328 e. The molecule has 0 bridgehead atoms. The largest absolute Gasteiger partial charge is 0.478 e. The van der Waals surface area contributed by atoms with Gasteiger partial charge in [-0.15, -0.1) is 0 Å². The Labute approximate surface area is 132 Å². The van der Waals surface area contributed by atoms with E-state index in [9.17, 15) is 9.59 Å². The number of nitrogens with one attached hydrogen (secondary N) is 1. The van der Waals surface area contributed by atoms with E-state index in [0.717, 1.165) is 25.5 Å². The maximum Gasteiger partial charge on any atom is 0.328 e. The monoisotopic (exact) mass is 328 g/mol. The fourth-order valence-electron chi connectivity index (χ4n) is 1.79. The van der Waals surface area contributed by atoms with Gasteiger partial charge < -0.3 is 20.4 Å². The van der Waals surface area contributed by atoms with E-state index in [4.69, 9.17) is 21.8 Å². The molecule has 1 saturated heterocycles. The maximum absolute atomic E-state index is 9.55. The highest BCUT2D eigenvalue weighted by Gasteiger charge is 2.19. The number of aliphatic carboxylic acids is 2. The van der Waals surface area contributed by atoms with Crippen LogP contribution in [-0.4, -0.2) is 57.8 Å². The fraction of sp³-hybridized carbons (Fsp3) is 0.385. The van der Waals surface area contributed by atoms with E-state index in [2.05, 4.69) is 27.1 Å². The zero-order valence-electron chi connectivity index (χ0n) is 11.9. The summed E-state index contributed by atoms with van der Waals surface area (Å²) in [5.41, 5.74) is 0. The summed E-state index contributed by atoms with van der Waals surface area (Å²) in [6.45, 7) is 5.08. The van der Waals surface area contributed by atoms with Gasteiger partial charge in [0.1, 0.15) is 11.0 Å². The number of anilines is 1. The third-order valence-corrected chi connectivity index (χ3v) is 2.94. The minimum atomic E-state index is -1.26. The number of carbonyl (C=O) groups is 2. The average Bonchev–Trinajstić information content (AvgIpc) is 2.46. The molecule has 1 fully saturated rings. The molecule has 0 unspecified atom stereocenters. The number of aromatic nitrogens is 2. The molecule has 0 radical (unpaired) electrons. The van der Waals surface area contributed by atoms with Crippen molar-refractivity contribution < 1.29 is 19.8 Å². The Morgan fingerprint density at radius 2 is 2.00 bits per heavy atom. The second kappa shape index (κ2) is 8.96. The Hall–Kier alpha value is -2.19. The van der Waals surface area contributed by atoms with Gasteiger partial charge in [0.25, 0.3) is 0 Å². The van der Waals surface area contributed by atoms with Gasteiger partial charge in [0, 0.05) is 37.8 Å². The molecule has 1 aliphatic rings. The van der Waals surface area contributed by atoms with Gasteiger partial charge in [0.15, 0.2) is 0 Å². The first-order chi connectivity index (χ1) is 10.4. The molecule has 0 saturated carbocycles. The first-order valence-electron chi connectivity index (χ1n) is 6.49. The highest BCUT2D eigenvalue weighted by Crippen LogP contribution is 2.16. The van der Waals surface area contributed by atoms with Crippen molar-refractivity contribution in [3.63, 3.8) is 0 Å². The summed E-state index contributed by atoms with van der Waals surface area (Å²) >= 11 is 5.80. The normalized spacial score (nSPS) is 17.7. The molecule has 22 heavy (non-hydrogen) atoms. The Bertz CT molecular complexity index is 537. The lowest BCUT2D eigenvalue weighted by atomic mass is 10.2. The molecule has 1 atom stereocenters. The zero-order valence-corrected chi connectivity index (χ0v) is 12.7. The number of carboxylic acids is 2. The van der Waals surface area contributed by atoms with E-state index in [-0.39, 0.29) is 0 Å². The summed E-state index contributed by atoms with van der Waals surface area (Å²) in [5, 5.41) is 19.4. The molecule has 9 heteroatoms. The summed E-state index contributed by atoms with van der Waals surface area (Å²) in [4.78, 5) is 29.6. The van der Waals surface area contributed by atoms with Crippen LogP contribution in [0.4, 0.5) is 5.82 Å². The van der Waals surface area contributed by atoms with Crippen molar-refractivity contribution in [2.24, 2.45) is 0 Å². The molecule has 0 aliphatic carbocycles. The van der Waals surface area contributed by atoms with Crippen molar-refractivity contribution in [2.75, 3.05) is 24.5 Å². The van der Waals surface area contributed by atoms with Crippen LogP contribution in [0, 0.1) is 0 Å². The molecule has 1 aliphatic heterocycles. The second-order valence-electron chi connectivity index (χ2n) is 4.46. The average molecular weight is 329 g/mol. The molecule has 1 aromatic rings. The first-order valence-corrected chi connectivity index (χ1v) is 6.86. The van der Waals surface area contributed by atoms with E-state index in [0.29, 0.717) is 23.3 Å². The minimum absolute atomic E-state index is 0.441. The van der Waals surface area contributed by atoms with Gasteiger partial charge in [0.05, 0.1) is 12.4 Å². The summed E-state index contributed by atoms with van der Waals surface area (Å²) in [6, 6.07) is 0.441. The summed E-state index contributed by atoms with van der Waals surface area (Å²) < 4.78 is 0. The second-order valence-corrected chi connectivity index (χ2v) is 4.84. The van der Waals surface area contributed by atoms with Gasteiger partial charge in [-0.1, -0.05) is 11.6 Å². The summed E-state index contributed by atoms with van der Waals surface area (Å²) in [6.07, 6.45) is 4.43. The van der Waals surface area contributed by atoms with Crippen LogP contribution in [-0.2, 0) is 9.59 Å². The number of piperazine rings is 1. The third-order valence-electron chi connectivity index (χ3n) is 2.76. The summed E-state index contributed by atoms with van der Waals surface area (Å²) in [7, 11) is 0. The van der Waals surface area contributed by atoms with Crippen LogP contribution in [0.1, 0.15) is 6.92 Å². The number of hydrogen-bond donors (Lipinski definition) is 3. The molecule has 0 aromatic carbocycles. The van der Waals surface area contributed by atoms with Crippen molar-refractivity contribution >= 4 is 29.4 Å². The molecule has 2 rings (SSSR count). The van der Waals surface area contributed by atoms with E-state index >= 15 is 0 Å². The van der Waals surface area contributed by atoms with Crippen LogP contribution in [0.3, 0.4) is 0 Å². The highest BCUT2D eigenvalue weighted by molar-refractivity contribution is 6.29. The van der Waals surface area contributed by atoms with Gasteiger partial charge >= 0.3 is 11.9 Å². The molecule has 3 N–H and O–H groups in total. The Morgan fingerprint density at radius 3 is 2.50 bits per heavy atom. The van der Waals surface area contributed by atoms with Gasteiger partial charge in [-0.3, -0.25) is 4.98 Å². The van der Waals surface area contributed by atoms with Gasteiger partial charge in [0.2, 0.25) is 0 Å². The molecule has 120 valence electrons. The lowest BCUT2D eigenvalue weighted by molar-refractivity contribution is -0.134. The predicted molar refractivity (Wildman–Crippen MR) is 81.1 cm³/mol. The van der Waals surface area contributed by atoms with E-state index in [1.54, 1.807) is 12.4 Å². The Kier molecular flexibility index (Phi) is 7.27. The predicted octanol–water partition coefficient (Wildman–Crippen LogP) is 0.640. The quantitative estimate of drug-likeness (QED) is 0.692. The fourth-order valence-corrected chi connectivity index (χ4v) is 1.94. The topological polar surface area (TPSA) is 116 Å². The Morgan fingerprint density at radius 1 is 1.36 bits per heavy atom. The van der Waals surface area contributed by atoms with Crippen LogP contribution in [0.15, 0.2) is 24.5 Å². The minimum Gasteiger partial charge on any atom is -0.478 e. The molecule has 1 aromatic heterocycles. The zero-order chi connectivity index (χ0) is 16.5. The Balaban J connectivity index is 0.000000261. The van der Waals surface area contributed by atoms with Crippen molar-refractivity contribution in [1.82, 2.24) is 15.3 Å². The van der Waals surface area contributed by atoms with Crippen LogP contribution in [0.25, 0.3) is 0 Å². The van der Waals surface area contributed by atoms with Crippen molar-refractivity contribution in [2.45, 2.75) is 13.0 Å². The van der Waals surface area contributed by atoms with E-state index in [1.165, 1.54) is 0 Å². The standard InChI is InChI=1S/C9H13ClN4.C4H4O4/c1-7-4-11-2-3-14(7)9-6-12-5-8(10)13-9;5-3(6)1-2-4(7)8/h5-7,11H,2-4H2,1H3;1-2H,(H,5,6)(H,7,8)/b;2-1-/t7-;/m1./s1. The summed E-state index contributed by atoms with van der Waals surface area (Å²) in [5.74, 6) is -1.65. The van der Waals surface area contributed by atoms with Crippen molar-refractivity contribution in [1.29, 1.82) is 0 Å². The molecular formula is C13H17ClN4O4. The van der Waals surface area contributed by atoms with Gasteiger partial charge in [-0.2, -0.15) is 0 Å². The third kappa shape index (κ3) is 6.51. The lowest BCUT2D eigenvalue weighted by Gasteiger charge is -2.34. The molecular weight excluding hydrogens is 312 g/mol.